The van der Waals surface area contributed by atoms with Gasteiger partial charge in [0.2, 0.25) is 11.8 Å². The van der Waals surface area contributed by atoms with Crippen LogP contribution < -0.4 is 10.6 Å². The SMILES string of the molecule is CC(=O)Nc1cc(C(=O)NC2CCCC(F)(F)C2)ccc1C. The van der Waals surface area contributed by atoms with Gasteiger partial charge in [-0.15, -0.1) is 0 Å². The minimum Gasteiger partial charge on any atom is -0.349 e. The van der Waals surface area contributed by atoms with E-state index in [1.807, 2.05) is 6.92 Å². The predicted molar refractivity (Wildman–Crippen MR) is 80.2 cm³/mol. The van der Waals surface area contributed by atoms with Crippen molar-refractivity contribution in [2.75, 3.05) is 5.32 Å². The number of carbonyl (C=O) groups is 2. The second-order valence-electron chi connectivity index (χ2n) is 5.83. The molecule has 0 aliphatic heterocycles. The van der Waals surface area contributed by atoms with Gasteiger partial charge in [-0.25, -0.2) is 8.78 Å². The number of halogens is 2. The van der Waals surface area contributed by atoms with Gasteiger partial charge in [-0.2, -0.15) is 0 Å². The maximum absolute atomic E-state index is 13.4. The molecule has 0 spiro atoms. The Morgan fingerprint density at radius 2 is 2.05 bits per heavy atom. The molecule has 1 aromatic rings. The molecule has 0 heterocycles. The van der Waals surface area contributed by atoms with Crippen LogP contribution in [0.3, 0.4) is 0 Å². The maximum atomic E-state index is 13.4. The summed E-state index contributed by atoms with van der Waals surface area (Å²) in [4.78, 5) is 23.3. The molecular weight excluding hydrogens is 290 g/mol. The van der Waals surface area contributed by atoms with E-state index in [1.54, 1.807) is 18.2 Å². The van der Waals surface area contributed by atoms with E-state index in [4.69, 9.17) is 0 Å². The summed E-state index contributed by atoms with van der Waals surface area (Å²) in [5, 5.41) is 5.31. The summed E-state index contributed by atoms with van der Waals surface area (Å²) >= 11 is 0. The Bertz CT molecular complexity index is 588. The van der Waals surface area contributed by atoms with Crippen molar-refractivity contribution in [3.8, 4) is 0 Å². The number of hydrogen-bond acceptors (Lipinski definition) is 2. The van der Waals surface area contributed by atoms with Crippen molar-refractivity contribution in [1.29, 1.82) is 0 Å². The Hall–Kier alpha value is -1.98. The standard InChI is InChI=1S/C16H20F2N2O2/c1-10-5-6-12(8-14(10)19-11(2)21)15(22)20-13-4-3-7-16(17,18)9-13/h5-6,8,13H,3-4,7,9H2,1-2H3,(H,19,21)(H,20,22). The van der Waals surface area contributed by atoms with Gasteiger partial charge in [0, 0.05) is 37.1 Å². The molecule has 1 aliphatic carbocycles. The van der Waals surface area contributed by atoms with Crippen molar-refractivity contribution < 1.29 is 18.4 Å². The fourth-order valence-electron chi connectivity index (χ4n) is 2.65. The Morgan fingerprint density at radius 3 is 2.68 bits per heavy atom. The molecule has 0 aromatic heterocycles. The van der Waals surface area contributed by atoms with Gasteiger partial charge in [-0.3, -0.25) is 9.59 Å². The van der Waals surface area contributed by atoms with Crippen molar-refractivity contribution in [2.45, 2.75) is 51.5 Å². The number of alkyl halides is 2. The molecule has 1 fully saturated rings. The van der Waals surface area contributed by atoms with Crippen LogP contribution in [0, 0.1) is 6.92 Å². The molecule has 2 amide bonds. The summed E-state index contributed by atoms with van der Waals surface area (Å²) in [6, 6.07) is 4.39. The highest BCUT2D eigenvalue weighted by Gasteiger charge is 2.36. The number of carbonyl (C=O) groups excluding carboxylic acids is 2. The number of amides is 2. The van der Waals surface area contributed by atoms with Crippen molar-refractivity contribution >= 4 is 17.5 Å². The third-order valence-corrected chi connectivity index (χ3v) is 3.79. The number of nitrogens with one attached hydrogen (secondary N) is 2. The summed E-state index contributed by atoms with van der Waals surface area (Å²) in [5.41, 5.74) is 1.73. The molecule has 1 atom stereocenters. The quantitative estimate of drug-likeness (QED) is 0.900. The van der Waals surface area contributed by atoms with E-state index < -0.39 is 17.9 Å². The van der Waals surface area contributed by atoms with Crippen LogP contribution in [-0.4, -0.2) is 23.8 Å². The molecule has 1 aromatic carbocycles. The third kappa shape index (κ3) is 4.26. The first kappa shape index (κ1) is 16.4. The molecule has 4 nitrogen and oxygen atoms in total. The summed E-state index contributed by atoms with van der Waals surface area (Å²) in [6.07, 6.45) is 0.536. The van der Waals surface area contributed by atoms with Gasteiger partial charge in [0.25, 0.3) is 5.91 Å². The third-order valence-electron chi connectivity index (χ3n) is 3.79. The van der Waals surface area contributed by atoms with E-state index in [2.05, 4.69) is 10.6 Å². The Kier molecular flexibility index (Phi) is 4.78. The fourth-order valence-corrected chi connectivity index (χ4v) is 2.65. The van der Waals surface area contributed by atoms with E-state index in [-0.39, 0.29) is 18.7 Å². The van der Waals surface area contributed by atoms with Crippen molar-refractivity contribution in [3.63, 3.8) is 0 Å². The zero-order valence-electron chi connectivity index (χ0n) is 12.7. The highest BCUT2D eigenvalue weighted by atomic mass is 19.3. The fraction of sp³-hybridized carbons (Fsp3) is 0.500. The lowest BCUT2D eigenvalue weighted by molar-refractivity contribution is -0.114. The highest BCUT2D eigenvalue weighted by Crippen LogP contribution is 2.33. The van der Waals surface area contributed by atoms with Gasteiger partial charge in [-0.1, -0.05) is 6.07 Å². The van der Waals surface area contributed by atoms with Gasteiger partial charge < -0.3 is 10.6 Å². The summed E-state index contributed by atoms with van der Waals surface area (Å²) in [6.45, 7) is 3.20. The summed E-state index contributed by atoms with van der Waals surface area (Å²) in [5.74, 6) is -3.33. The molecular formula is C16H20F2N2O2. The summed E-state index contributed by atoms with van der Waals surface area (Å²) < 4.78 is 26.7. The largest absolute Gasteiger partial charge is 0.349 e. The average molecular weight is 310 g/mol. The molecule has 1 aliphatic rings. The molecule has 22 heavy (non-hydrogen) atoms. The number of hydrogen-bond donors (Lipinski definition) is 2. The van der Waals surface area contributed by atoms with Crippen LogP contribution in [-0.2, 0) is 4.79 Å². The van der Waals surface area contributed by atoms with Crippen LogP contribution in [0.4, 0.5) is 14.5 Å². The first-order valence-electron chi connectivity index (χ1n) is 7.34. The molecule has 1 unspecified atom stereocenters. The van der Waals surface area contributed by atoms with Crippen molar-refractivity contribution in [2.24, 2.45) is 0 Å². The lowest BCUT2D eigenvalue weighted by Gasteiger charge is -2.29. The second-order valence-corrected chi connectivity index (χ2v) is 5.83. The summed E-state index contributed by atoms with van der Waals surface area (Å²) in [7, 11) is 0. The van der Waals surface area contributed by atoms with E-state index in [0.717, 1.165) is 5.56 Å². The first-order chi connectivity index (χ1) is 10.3. The first-order valence-corrected chi connectivity index (χ1v) is 7.34. The van der Waals surface area contributed by atoms with Crippen molar-refractivity contribution in [3.05, 3.63) is 29.3 Å². The number of aryl methyl sites for hydroxylation is 1. The Balaban J connectivity index is 2.08. The van der Waals surface area contributed by atoms with Crippen LogP contribution in [0.25, 0.3) is 0 Å². The van der Waals surface area contributed by atoms with Gasteiger partial charge in [0.1, 0.15) is 0 Å². The molecule has 0 radical (unpaired) electrons. The van der Waals surface area contributed by atoms with Gasteiger partial charge in [0.15, 0.2) is 0 Å². The van der Waals surface area contributed by atoms with Crippen LogP contribution in [0.5, 0.6) is 0 Å². The molecule has 1 saturated carbocycles. The van der Waals surface area contributed by atoms with Crippen LogP contribution in [0.2, 0.25) is 0 Å². The van der Waals surface area contributed by atoms with Crippen LogP contribution in [0.1, 0.15) is 48.5 Å². The molecule has 2 N–H and O–H groups in total. The molecule has 0 saturated heterocycles. The predicted octanol–water partition coefficient (Wildman–Crippen LogP) is 3.26. The molecule has 0 bridgehead atoms. The average Bonchev–Trinajstić information content (AvgIpc) is 2.39. The zero-order chi connectivity index (χ0) is 16.3. The van der Waals surface area contributed by atoms with Crippen molar-refractivity contribution in [1.82, 2.24) is 5.32 Å². The normalized spacial score (nSPS) is 20.3. The van der Waals surface area contributed by atoms with Gasteiger partial charge in [0.05, 0.1) is 0 Å². The Morgan fingerprint density at radius 1 is 1.32 bits per heavy atom. The smallest absolute Gasteiger partial charge is 0.251 e. The number of anilines is 1. The lowest BCUT2D eigenvalue weighted by Crippen LogP contribution is -2.42. The van der Waals surface area contributed by atoms with E-state index in [0.29, 0.717) is 24.1 Å². The van der Waals surface area contributed by atoms with Crippen LogP contribution in [0.15, 0.2) is 18.2 Å². The monoisotopic (exact) mass is 310 g/mol. The molecule has 2 rings (SSSR count). The number of rotatable bonds is 3. The second kappa shape index (κ2) is 6.42. The zero-order valence-corrected chi connectivity index (χ0v) is 12.7. The van der Waals surface area contributed by atoms with E-state index in [9.17, 15) is 18.4 Å². The molecule has 6 heteroatoms. The van der Waals surface area contributed by atoms with E-state index >= 15 is 0 Å². The van der Waals surface area contributed by atoms with Gasteiger partial charge in [-0.05, 0) is 37.5 Å². The minimum atomic E-state index is -2.70. The van der Waals surface area contributed by atoms with Gasteiger partial charge >= 0.3 is 0 Å². The lowest BCUT2D eigenvalue weighted by atomic mass is 9.92. The topological polar surface area (TPSA) is 58.2 Å². The van der Waals surface area contributed by atoms with Crippen LogP contribution >= 0.6 is 0 Å². The number of benzene rings is 1. The minimum absolute atomic E-state index is 0.115. The Labute approximate surface area is 128 Å². The highest BCUT2D eigenvalue weighted by molar-refractivity contribution is 5.97. The van der Waals surface area contributed by atoms with E-state index in [1.165, 1.54) is 6.92 Å². The molecule has 120 valence electrons. The maximum Gasteiger partial charge on any atom is 0.251 e.